The minimum atomic E-state index is -3.18. The van der Waals surface area contributed by atoms with Crippen molar-refractivity contribution in [2.24, 2.45) is 0 Å². The second kappa shape index (κ2) is 4.66. The molecule has 0 aliphatic rings. The molecular formula is C11H17NO2S. The van der Waals surface area contributed by atoms with Gasteiger partial charge in [-0.1, -0.05) is 25.1 Å². The molecule has 0 aliphatic carbocycles. The van der Waals surface area contributed by atoms with Crippen molar-refractivity contribution < 1.29 is 8.42 Å². The van der Waals surface area contributed by atoms with Gasteiger partial charge in [-0.15, -0.1) is 0 Å². The molecule has 0 atom stereocenters. The first-order valence-corrected chi connectivity index (χ1v) is 6.68. The minimum Gasteiger partial charge on any atom is -0.283 e. The number of rotatable bonds is 4. The third-order valence-electron chi connectivity index (χ3n) is 2.21. The van der Waals surface area contributed by atoms with Gasteiger partial charge in [-0.2, -0.15) is 0 Å². The van der Waals surface area contributed by atoms with Gasteiger partial charge in [-0.05, 0) is 31.4 Å². The highest BCUT2D eigenvalue weighted by atomic mass is 32.2. The fourth-order valence-electron chi connectivity index (χ4n) is 1.45. The molecule has 0 bridgehead atoms. The van der Waals surface area contributed by atoms with Crippen LogP contribution in [0.5, 0.6) is 0 Å². The van der Waals surface area contributed by atoms with E-state index in [-0.39, 0.29) is 5.75 Å². The monoisotopic (exact) mass is 227 g/mol. The molecule has 4 heteroatoms. The van der Waals surface area contributed by atoms with E-state index in [9.17, 15) is 8.42 Å². The zero-order chi connectivity index (χ0) is 11.5. The van der Waals surface area contributed by atoms with Gasteiger partial charge < -0.3 is 0 Å². The van der Waals surface area contributed by atoms with Crippen LogP contribution in [0.3, 0.4) is 0 Å². The van der Waals surface area contributed by atoms with Crippen LogP contribution in [-0.4, -0.2) is 14.2 Å². The van der Waals surface area contributed by atoms with E-state index >= 15 is 0 Å². The van der Waals surface area contributed by atoms with Crippen molar-refractivity contribution in [3.63, 3.8) is 0 Å². The summed E-state index contributed by atoms with van der Waals surface area (Å²) in [6.07, 6.45) is 0.625. The fourth-order valence-corrected chi connectivity index (χ4v) is 2.72. The molecule has 0 aromatic heterocycles. The molecular weight excluding hydrogens is 210 g/mol. The van der Waals surface area contributed by atoms with Crippen molar-refractivity contribution in [2.75, 3.05) is 10.5 Å². The summed E-state index contributed by atoms with van der Waals surface area (Å²) in [4.78, 5) is 0. The van der Waals surface area contributed by atoms with Crippen LogP contribution in [0, 0.1) is 13.8 Å². The highest BCUT2D eigenvalue weighted by molar-refractivity contribution is 7.92. The fraction of sp³-hybridized carbons (Fsp3) is 0.455. The summed E-state index contributed by atoms with van der Waals surface area (Å²) in [7, 11) is -3.18. The van der Waals surface area contributed by atoms with E-state index in [1.165, 1.54) is 0 Å². The summed E-state index contributed by atoms with van der Waals surface area (Å²) in [6.45, 7) is 5.65. The number of hydrogen-bond donors (Lipinski definition) is 1. The molecule has 0 heterocycles. The standard InChI is InChI=1S/C11H17NO2S/c1-4-8-15(13,14)12-11-9(2)6-5-7-10(11)3/h5-7,12H,4,8H2,1-3H3. The Hall–Kier alpha value is -1.03. The van der Waals surface area contributed by atoms with Gasteiger partial charge in [0.2, 0.25) is 10.0 Å². The lowest BCUT2D eigenvalue weighted by Crippen LogP contribution is -2.17. The Balaban J connectivity index is 2.99. The number of benzene rings is 1. The van der Waals surface area contributed by atoms with E-state index in [2.05, 4.69) is 4.72 Å². The quantitative estimate of drug-likeness (QED) is 0.858. The molecule has 0 amide bonds. The Morgan fingerprint density at radius 2 is 1.73 bits per heavy atom. The summed E-state index contributed by atoms with van der Waals surface area (Å²) >= 11 is 0. The van der Waals surface area contributed by atoms with Crippen molar-refractivity contribution in [2.45, 2.75) is 27.2 Å². The lowest BCUT2D eigenvalue weighted by molar-refractivity contribution is 0.600. The minimum absolute atomic E-state index is 0.167. The van der Waals surface area contributed by atoms with Crippen LogP contribution >= 0.6 is 0 Å². The molecule has 0 radical (unpaired) electrons. The van der Waals surface area contributed by atoms with Gasteiger partial charge in [0, 0.05) is 0 Å². The van der Waals surface area contributed by atoms with Gasteiger partial charge in [0.1, 0.15) is 0 Å². The maximum absolute atomic E-state index is 11.6. The number of anilines is 1. The number of para-hydroxylation sites is 1. The largest absolute Gasteiger partial charge is 0.283 e. The van der Waals surface area contributed by atoms with Crippen LogP contribution in [0.15, 0.2) is 18.2 Å². The highest BCUT2D eigenvalue weighted by Gasteiger charge is 2.11. The molecule has 1 aromatic carbocycles. The first kappa shape index (κ1) is 12.0. The highest BCUT2D eigenvalue weighted by Crippen LogP contribution is 2.20. The lowest BCUT2D eigenvalue weighted by atomic mass is 10.1. The van der Waals surface area contributed by atoms with Crippen LogP contribution < -0.4 is 4.72 Å². The van der Waals surface area contributed by atoms with Crippen LogP contribution in [0.4, 0.5) is 5.69 Å². The molecule has 1 N–H and O–H groups in total. The molecule has 0 fully saturated rings. The molecule has 3 nitrogen and oxygen atoms in total. The van der Waals surface area contributed by atoms with Gasteiger partial charge in [0.25, 0.3) is 0 Å². The van der Waals surface area contributed by atoms with E-state index < -0.39 is 10.0 Å². The molecule has 0 aliphatic heterocycles. The van der Waals surface area contributed by atoms with Crippen molar-refractivity contribution in [3.05, 3.63) is 29.3 Å². The van der Waals surface area contributed by atoms with E-state index in [4.69, 9.17) is 0 Å². The zero-order valence-electron chi connectivity index (χ0n) is 9.37. The van der Waals surface area contributed by atoms with Crippen LogP contribution in [0.1, 0.15) is 24.5 Å². The molecule has 0 saturated carbocycles. The van der Waals surface area contributed by atoms with E-state index in [1.807, 2.05) is 39.0 Å². The Morgan fingerprint density at radius 1 is 1.20 bits per heavy atom. The van der Waals surface area contributed by atoms with Gasteiger partial charge in [-0.3, -0.25) is 4.72 Å². The maximum Gasteiger partial charge on any atom is 0.232 e. The van der Waals surface area contributed by atoms with Crippen molar-refractivity contribution in [1.29, 1.82) is 0 Å². The molecule has 0 spiro atoms. The van der Waals surface area contributed by atoms with E-state index in [1.54, 1.807) is 0 Å². The van der Waals surface area contributed by atoms with Crippen LogP contribution in [0.25, 0.3) is 0 Å². The van der Waals surface area contributed by atoms with E-state index in [0.717, 1.165) is 11.1 Å². The molecule has 15 heavy (non-hydrogen) atoms. The maximum atomic E-state index is 11.6. The number of sulfonamides is 1. The van der Waals surface area contributed by atoms with E-state index in [0.29, 0.717) is 12.1 Å². The first-order chi connectivity index (χ1) is 6.96. The topological polar surface area (TPSA) is 46.2 Å². The SMILES string of the molecule is CCCS(=O)(=O)Nc1c(C)cccc1C. The Labute approximate surface area is 91.6 Å². The summed E-state index contributed by atoms with van der Waals surface area (Å²) < 4.78 is 25.8. The second-order valence-corrected chi connectivity index (χ2v) is 5.53. The second-order valence-electron chi connectivity index (χ2n) is 3.69. The predicted molar refractivity (Wildman–Crippen MR) is 63.6 cm³/mol. The molecule has 84 valence electrons. The van der Waals surface area contributed by atoms with Crippen molar-refractivity contribution in [1.82, 2.24) is 0 Å². The summed E-state index contributed by atoms with van der Waals surface area (Å²) in [5.74, 6) is 0.167. The Morgan fingerprint density at radius 3 is 2.20 bits per heavy atom. The molecule has 1 aromatic rings. The zero-order valence-corrected chi connectivity index (χ0v) is 10.2. The Bertz CT molecular complexity index is 418. The van der Waals surface area contributed by atoms with Crippen molar-refractivity contribution in [3.8, 4) is 0 Å². The average molecular weight is 227 g/mol. The molecule has 0 saturated heterocycles. The Kier molecular flexibility index (Phi) is 3.74. The molecule has 0 unspecified atom stereocenters. The predicted octanol–water partition coefficient (Wildman–Crippen LogP) is 2.46. The van der Waals surface area contributed by atoms with Gasteiger partial charge in [-0.25, -0.2) is 8.42 Å². The van der Waals surface area contributed by atoms with Crippen LogP contribution in [0.2, 0.25) is 0 Å². The summed E-state index contributed by atoms with van der Waals surface area (Å²) in [5.41, 5.74) is 2.62. The van der Waals surface area contributed by atoms with Gasteiger partial charge in [0.15, 0.2) is 0 Å². The van der Waals surface area contributed by atoms with Crippen molar-refractivity contribution >= 4 is 15.7 Å². The summed E-state index contributed by atoms with van der Waals surface area (Å²) in [5, 5.41) is 0. The van der Waals surface area contributed by atoms with Crippen LogP contribution in [-0.2, 0) is 10.0 Å². The third-order valence-corrected chi connectivity index (χ3v) is 3.67. The van der Waals surface area contributed by atoms with Gasteiger partial charge >= 0.3 is 0 Å². The normalized spacial score (nSPS) is 11.4. The first-order valence-electron chi connectivity index (χ1n) is 5.03. The summed E-state index contributed by atoms with van der Waals surface area (Å²) in [6, 6.07) is 5.72. The molecule has 1 rings (SSSR count). The third kappa shape index (κ3) is 3.23. The average Bonchev–Trinajstić information content (AvgIpc) is 2.11. The lowest BCUT2D eigenvalue weighted by Gasteiger charge is -2.12. The number of hydrogen-bond acceptors (Lipinski definition) is 2. The smallest absolute Gasteiger partial charge is 0.232 e. The number of aryl methyl sites for hydroxylation is 2. The van der Waals surface area contributed by atoms with Gasteiger partial charge in [0.05, 0.1) is 11.4 Å². The number of nitrogens with one attached hydrogen (secondary N) is 1.